The number of carbonyl (C=O) groups is 1. The maximum absolute atomic E-state index is 12.2. The lowest BCUT2D eigenvalue weighted by atomic mass is 9.42. The number of rotatable bonds is 1. The lowest BCUT2D eigenvalue weighted by molar-refractivity contribution is -0.457. The molecule has 5 N–H and O–H groups in total. The van der Waals surface area contributed by atoms with Gasteiger partial charge in [0, 0.05) is 11.3 Å². The average Bonchev–Trinajstić information content (AvgIpc) is 2.93. The Hall–Kier alpha value is -0.530. The fraction of sp³-hybridized carbons (Fsp3) is 0.952. The Bertz CT molecular complexity index is 645. The van der Waals surface area contributed by atoms with E-state index < -0.39 is 23.1 Å². The third-order valence-electron chi connectivity index (χ3n) is 9.63. The highest BCUT2D eigenvalue weighted by Crippen LogP contribution is 2.69. The van der Waals surface area contributed by atoms with Crippen molar-refractivity contribution in [1.29, 1.82) is 0 Å². The molecule has 4 rings (SSSR count). The van der Waals surface area contributed by atoms with Crippen LogP contribution >= 0.6 is 0 Å². The van der Waals surface area contributed by atoms with Crippen molar-refractivity contribution in [3.63, 3.8) is 0 Å². The van der Waals surface area contributed by atoms with Crippen molar-refractivity contribution in [2.45, 2.75) is 83.4 Å². The van der Waals surface area contributed by atoms with E-state index in [0.717, 1.165) is 38.5 Å². The number of aliphatic hydroxyl groups is 5. The van der Waals surface area contributed by atoms with Gasteiger partial charge in [-0.2, -0.15) is 0 Å². The number of ketones is 1. The fourth-order valence-electron chi connectivity index (χ4n) is 8.07. The van der Waals surface area contributed by atoms with Gasteiger partial charge in [0.05, 0.1) is 0 Å². The molecule has 6 heteroatoms. The van der Waals surface area contributed by atoms with E-state index in [1.54, 1.807) is 13.8 Å². The number of fused-ring (bicyclic) bond motifs is 5. The fourth-order valence-corrected chi connectivity index (χ4v) is 8.07. The number of Topliss-reactive ketones (excluding diaryl/α,β-unsaturated/α-hetero) is 1. The zero-order valence-electron chi connectivity index (χ0n) is 16.6. The summed E-state index contributed by atoms with van der Waals surface area (Å²) < 4.78 is 0. The first-order valence-corrected chi connectivity index (χ1v) is 10.5. The topological polar surface area (TPSA) is 118 Å². The van der Waals surface area contributed by atoms with Gasteiger partial charge >= 0.3 is 0 Å². The minimum Gasteiger partial charge on any atom is -0.387 e. The van der Waals surface area contributed by atoms with Crippen molar-refractivity contribution in [3.8, 4) is 0 Å². The Morgan fingerprint density at radius 1 is 0.926 bits per heavy atom. The predicted octanol–water partition coefficient (Wildman–Crippen LogP) is 1.18. The minimum atomic E-state index is -2.95. The summed E-state index contributed by atoms with van der Waals surface area (Å²) in [6.45, 7) is 5.67. The Morgan fingerprint density at radius 3 is 2.22 bits per heavy atom. The van der Waals surface area contributed by atoms with E-state index in [1.807, 2.05) is 0 Å². The van der Waals surface area contributed by atoms with Crippen molar-refractivity contribution in [2.24, 2.45) is 40.4 Å². The molecule has 27 heavy (non-hydrogen) atoms. The van der Waals surface area contributed by atoms with Crippen LogP contribution < -0.4 is 0 Å². The van der Waals surface area contributed by atoms with Crippen molar-refractivity contribution in [3.05, 3.63) is 0 Å². The normalized spacial score (nSPS) is 53.2. The molecule has 4 aliphatic rings. The van der Waals surface area contributed by atoms with E-state index in [4.69, 9.17) is 0 Å². The van der Waals surface area contributed by atoms with Crippen LogP contribution in [0.4, 0.5) is 0 Å². The van der Waals surface area contributed by atoms with Crippen molar-refractivity contribution in [1.82, 2.24) is 0 Å². The number of hydrogen-bond donors (Lipinski definition) is 5. The number of carbonyl (C=O) groups excluding carboxylic acids is 1. The van der Waals surface area contributed by atoms with Crippen LogP contribution in [-0.2, 0) is 4.79 Å². The molecule has 0 aromatic heterocycles. The second-order valence-corrected chi connectivity index (χ2v) is 10.4. The molecule has 1 unspecified atom stereocenters. The Balaban J connectivity index is 1.73. The van der Waals surface area contributed by atoms with Crippen LogP contribution in [0.5, 0.6) is 0 Å². The molecule has 0 aromatic carbocycles. The van der Waals surface area contributed by atoms with Crippen LogP contribution in [-0.4, -0.2) is 49.0 Å². The van der Waals surface area contributed by atoms with Gasteiger partial charge < -0.3 is 25.5 Å². The standard InChI is InChI=1S/C21H34O6/c1-11(22)14-6-7-15-13-5-4-12-10-17(23)20(24,25)21(26,27)19(12,3)16(13)8-9-18(14,15)2/h12-17,23-27H,4-10H2,1-3H3/t12-,13-,14+,15-,16-,17?,18-,19-/m0/s1. The summed E-state index contributed by atoms with van der Waals surface area (Å²) >= 11 is 0. The minimum absolute atomic E-state index is 0.0481. The van der Waals surface area contributed by atoms with E-state index in [0.29, 0.717) is 5.92 Å². The van der Waals surface area contributed by atoms with Gasteiger partial charge in [0.15, 0.2) is 0 Å². The number of hydrogen-bond acceptors (Lipinski definition) is 6. The molecule has 0 saturated heterocycles. The monoisotopic (exact) mass is 382 g/mol. The van der Waals surface area contributed by atoms with Crippen molar-refractivity contribution in [2.75, 3.05) is 0 Å². The van der Waals surface area contributed by atoms with Crippen LogP contribution in [0.15, 0.2) is 0 Å². The first-order chi connectivity index (χ1) is 12.4. The molecular formula is C21H34O6. The number of aliphatic hydroxyl groups excluding tert-OH is 1. The van der Waals surface area contributed by atoms with Crippen LogP contribution in [0.2, 0.25) is 0 Å². The average molecular weight is 382 g/mol. The summed E-state index contributed by atoms with van der Waals surface area (Å²) in [6.07, 6.45) is 3.69. The molecule has 4 fully saturated rings. The SMILES string of the molecule is CC(=O)[C@H]1CC[C@H]2[C@@H]3CC[C@H]4CC(O)C(O)(O)C(O)(O)[C@]4(C)[C@H]3CC[C@@]12C. The summed E-state index contributed by atoms with van der Waals surface area (Å²) in [5, 5.41) is 52.8. The lowest BCUT2D eigenvalue weighted by Gasteiger charge is -2.66. The second-order valence-electron chi connectivity index (χ2n) is 10.4. The molecule has 0 bridgehead atoms. The Morgan fingerprint density at radius 2 is 1.59 bits per heavy atom. The molecule has 0 aromatic rings. The zero-order chi connectivity index (χ0) is 20.0. The van der Waals surface area contributed by atoms with Gasteiger partial charge in [-0.3, -0.25) is 4.79 Å². The highest BCUT2D eigenvalue weighted by molar-refractivity contribution is 5.79. The smallest absolute Gasteiger partial charge is 0.245 e. The van der Waals surface area contributed by atoms with Crippen LogP contribution in [0.1, 0.15) is 65.7 Å². The molecule has 0 amide bonds. The molecule has 0 aliphatic heterocycles. The van der Waals surface area contributed by atoms with Gasteiger partial charge in [0.2, 0.25) is 11.6 Å². The molecule has 0 heterocycles. The van der Waals surface area contributed by atoms with Gasteiger partial charge in [0.25, 0.3) is 0 Å². The van der Waals surface area contributed by atoms with E-state index in [-0.39, 0.29) is 41.3 Å². The summed E-state index contributed by atoms with van der Waals surface area (Å²) in [5.74, 6) is -5.06. The molecule has 6 nitrogen and oxygen atoms in total. The van der Waals surface area contributed by atoms with Crippen LogP contribution in [0.3, 0.4) is 0 Å². The molecular weight excluding hydrogens is 348 g/mol. The summed E-state index contributed by atoms with van der Waals surface area (Å²) in [4.78, 5) is 12.2. The van der Waals surface area contributed by atoms with Gasteiger partial charge in [-0.1, -0.05) is 13.8 Å². The van der Waals surface area contributed by atoms with E-state index in [2.05, 4.69) is 6.92 Å². The Kier molecular flexibility index (Phi) is 4.22. The highest BCUT2D eigenvalue weighted by atomic mass is 16.6. The third-order valence-corrected chi connectivity index (χ3v) is 9.63. The maximum Gasteiger partial charge on any atom is 0.245 e. The first-order valence-electron chi connectivity index (χ1n) is 10.5. The zero-order valence-corrected chi connectivity index (χ0v) is 16.6. The molecule has 0 spiro atoms. The highest BCUT2D eigenvalue weighted by Gasteiger charge is 2.74. The van der Waals surface area contributed by atoms with Crippen molar-refractivity contribution >= 4 is 5.78 Å². The third kappa shape index (κ3) is 2.22. The first kappa shape index (κ1) is 19.8. The van der Waals surface area contributed by atoms with Gasteiger partial charge in [-0.15, -0.1) is 0 Å². The Labute approximate surface area is 160 Å². The van der Waals surface area contributed by atoms with Crippen molar-refractivity contribution < 1.29 is 30.3 Å². The lowest BCUT2D eigenvalue weighted by Crippen LogP contribution is -2.77. The molecule has 154 valence electrons. The molecule has 8 atom stereocenters. The summed E-state index contributed by atoms with van der Waals surface area (Å²) in [5.41, 5.74) is -1.15. The largest absolute Gasteiger partial charge is 0.387 e. The van der Waals surface area contributed by atoms with Gasteiger partial charge in [-0.05, 0) is 81.0 Å². The molecule has 0 radical (unpaired) electrons. The van der Waals surface area contributed by atoms with E-state index in [9.17, 15) is 30.3 Å². The van der Waals surface area contributed by atoms with E-state index >= 15 is 0 Å². The van der Waals surface area contributed by atoms with Gasteiger partial charge in [-0.25, -0.2) is 0 Å². The van der Waals surface area contributed by atoms with Gasteiger partial charge in [0.1, 0.15) is 11.9 Å². The summed E-state index contributed by atoms with van der Waals surface area (Å²) in [6, 6.07) is 0. The van der Waals surface area contributed by atoms with Crippen LogP contribution in [0.25, 0.3) is 0 Å². The maximum atomic E-state index is 12.2. The summed E-state index contributed by atoms with van der Waals surface area (Å²) in [7, 11) is 0. The predicted molar refractivity (Wildman–Crippen MR) is 97.0 cm³/mol. The quantitative estimate of drug-likeness (QED) is 0.435. The molecule has 4 aliphatic carbocycles. The molecule has 4 saturated carbocycles. The second kappa shape index (κ2) is 5.76. The van der Waals surface area contributed by atoms with Crippen LogP contribution in [0, 0.1) is 40.4 Å². The van der Waals surface area contributed by atoms with E-state index in [1.165, 1.54) is 0 Å².